The number of hydrogen-bond donors (Lipinski definition) is 1. The van der Waals surface area contributed by atoms with Crippen molar-refractivity contribution in [1.82, 2.24) is 0 Å². The Morgan fingerprint density at radius 1 is 0.789 bits per heavy atom. The van der Waals surface area contributed by atoms with Crippen molar-refractivity contribution in [1.29, 1.82) is 0 Å². The zero-order chi connectivity index (χ0) is 13.9. The maximum atomic E-state index is 9.28. The quantitative estimate of drug-likeness (QED) is 0.603. The molecule has 2 heteroatoms. The number of benzene rings is 2. The van der Waals surface area contributed by atoms with E-state index in [1.54, 1.807) is 12.1 Å². The highest BCUT2D eigenvalue weighted by Gasteiger charge is 2.07. The summed E-state index contributed by atoms with van der Waals surface area (Å²) in [7, 11) is -1.31. The van der Waals surface area contributed by atoms with Crippen LogP contribution >= 0.6 is 0 Å². The van der Waals surface area contributed by atoms with Crippen LogP contribution in [0.4, 0.5) is 0 Å². The first-order valence-corrected chi connectivity index (χ1v) is 9.87. The molecule has 2 aromatic rings. The molecule has 0 amide bonds. The van der Waals surface area contributed by atoms with E-state index >= 15 is 0 Å². The molecule has 0 spiro atoms. The van der Waals surface area contributed by atoms with Crippen LogP contribution < -0.4 is 0 Å². The third kappa shape index (κ3) is 4.01. The van der Waals surface area contributed by atoms with Gasteiger partial charge in [0.1, 0.15) is 13.8 Å². The molecule has 0 aliphatic carbocycles. The summed E-state index contributed by atoms with van der Waals surface area (Å²) in [5.41, 5.74) is 6.66. The monoisotopic (exact) mass is 266 g/mol. The second-order valence-corrected chi connectivity index (χ2v) is 10.4. The van der Waals surface area contributed by atoms with Gasteiger partial charge in [0.15, 0.2) is 0 Å². The molecule has 96 valence electrons. The summed E-state index contributed by atoms with van der Waals surface area (Å²) in [6.45, 7) is 6.72. The second-order valence-electron chi connectivity index (χ2n) is 5.62. The van der Waals surface area contributed by atoms with E-state index in [0.717, 1.165) is 16.7 Å². The van der Waals surface area contributed by atoms with Gasteiger partial charge in [-0.3, -0.25) is 0 Å². The van der Waals surface area contributed by atoms with Crippen LogP contribution in [-0.2, 0) is 0 Å². The van der Waals surface area contributed by atoms with Gasteiger partial charge in [-0.2, -0.15) is 0 Å². The average Bonchev–Trinajstić information content (AvgIpc) is 2.37. The molecule has 2 aromatic carbocycles. The number of hydrogen-bond acceptors (Lipinski definition) is 1. The van der Waals surface area contributed by atoms with Crippen molar-refractivity contribution < 1.29 is 5.11 Å². The minimum Gasteiger partial charge on any atom is -0.508 e. The summed E-state index contributed by atoms with van der Waals surface area (Å²) in [4.78, 5) is 0. The van der Waals surface area contributed by atoms with E-state index in [9.17, 15) is 5.11 Å². The summed E-state index contributed by atoms with van der Waals surface area (Å²) in [5, 5.41) is 9.28. The maximum absolute atomic E-state index is 9.28. The topological polar surface area (TPSA) is 20.2 Å². The van der Waals surface area contributed by atoms with Gasteiger partial charge < -0.3 is 5.11 Å². The normalized spacial score (nSPS) is 10.7. The fourth-order valence-corrected chi connectivity index (χ4v) is 2.18. The molecule has 0 heterocycles. The predicted octanol–water partition coefficient (Wildman–Crippen LogP) is 4.29. The first-order valence-electron chi connectivity index (χ1n) is 6.37. The van der Waals surface area contributed by atoms with Crippen molar-refractivity contribution in [3.63, 3.8) is 0 Å². The Balaban J connectivity index is 2.23. The van der Waals surface area contributed by atoms with Crippen LogP contribution in [0, 0.1) is 11.5 Å². The third-order valence-electron chi connectivity index (χ3n) is 2.67. The van der Waals surface area contributed by atoms with Gasteiger partial charge in [0.25, 0.3) is 0 Å². The fraction of sp³-hybridized carbons (Fsp3) is 0.176. The standard InChI is InChI=1S/C17H18OSi/c1-19(2,3)13-12-14-4-6-15(7-5-14)16-8-10-17(18)11-9-16/h4-11,18H,1-3H3. The van der Waals surface area contributed by atoms with E-state index < -0.39 is 8.07 Å². The van der Waals surface area contributed by atoms with Gasteiger partial charge >= 0.3 is 0 Å². The molecular formula is C17H18OSi. The van der Waals surface area contributed by atoms with Crippen LogP contribution in [0.1, 0.15) is 5.56 Å². The molecule has 0 bridgehead atoms. The third-order valence-corrected chi connectivity index (χ3v) is 3.54. The van der Waals surface area contributed by atoms with Crippen molar-refractivity contribution in [3.05, 3.63) is 54.1 Å². The van der Waals surface area contributed by atoms with Crippen molar-refractivity contribution in [2.75, 3.05) is 0 Å². The molecule has 0 aromatic heterocycles. The van der Waals surface area contributed by atoms with Crippen LogP contribution in [0.25, 0.3) is 11.1 Å². The molecule has 0 atom stereocenters. The Bertz CT molecular complexity index is 608. The van der Waals surface area contributed by atoms with Gasteiger partial charge in [-0.1, -0.05) is 49.8 Å². The minimum absolute atomic E-state index is 0.293. The summed E-state index contributed by atoms with van der Waals surface area (Å²) >= 11 is 0. The highest BCUT2D eigenvalue weighted by Crippen LogP contribution is 2.22. The smallest absolute Gasteiger partial charge is 0.129 e. The molecule has 0 fully saturated rings. The van der Waals surface area contributed by atoms with Crippen molar-refractivity contribution in [3.8, 4) is 28.3 Å². The van der Waals surface area contributed by atoms with Gasteiger partial charge in [-0.15, -0.1) is 5.54 Å². The van der Waals surface area contributed by atoms with Crippen molar-refractivity contribution in [2.45, 2.75) is 19.6 Å². The Labute approximate surface area is 115 Å². The number of rotatable bonds is 1. The van der Waals surface area contributed by atoms with Crippen molar-refractivity contribution in [2.24, 2.45) is 0 Å². The molecule has 0 saturated carbocycles. The first kappa shape index (κ1) is 13.4. The lowest BCUT2D eigenvalue weighted by Gasteiger charge is -2.04. The predicted molar refractivity (Wildman–Crippen MR) is 83.8 cm³/mol. The number of phenolic OH excluding ortho intramolecular Hbond substituents is 1. The van der Waals surface area contributed by atoms with Crippen LogP contribution in [-0.4, -0.2) is 13.2 Å². The number of aromatic hydroxyl groups is 1. The Kier molecular flexibility index (Phi) is 3.78. The molecule has 0 radical (unpaired) electrons. The molecule has 0 aliphatic rings. The fourth-order valence-electron chi connectivity index (χ4n) is 1.66. The number of phenols is 1. The van der Waals surface area contributed by atoms with Gasteiger partial charge in [0.2, 0.25) is 0 Å². The van der Waals surface area contributed by atoms with E-state index in [-0.39, 0.29) is 0 Å². The van der Waals surface area contributed by atoms with Gasteiger partial charge in [0.05, 0.1) is 0 Å². The minimum atomic E-state index is -1.31. The lowest BCUT2D eigenvalue weighted by molar-refractivity contribution is 0.475. The maximum Gasteiger partial charge on any atom is 0.129 e. The lowest BCUT2D eigenvalue weighted by Crippen LogP contribution is -2.16. The van der Waals surface area contributed by atoms with Crippen LogP contribution in [0.3, 0.4) is 0 Å². The van der Waals surface area contributed by atoms with E-state index in [4.69, 9.17) is 0 Å². The summed E-state index contributed by atoms with van der Waals surface area (Å²) in [5.74, 6) is 3.54. The summed E-state index contributed by atoms with van der Waals surface area (Å²) in [6, 6.07) is 15.5. The molecular weight excluding hydrogens is 248 g/mol. The van der Waals surface area contributed by atoms with Gasteiger partial charge in [-0.25, -0.2) is 0 Å². The van der Waals surface area contributed by atoms with E-state index in [1.165, 1.54) is 0 Å². The second kappa shape index (κ2) is 5.34. The van der Waals surface area contributed by atoms with Gasteiger partial charge in [-0.05, 0) is 35.4 Å². The van der Waals surface area contributed by atoms with E-state index in [0.29, 0.717) is 5.75 Å². The Morgan fingerprint density at radius 3 is 1.74 bits per heavy atom. The van der Waals surface area contributed by atoms with Crippen LogP contribution in [0.5, 0.6) is 5.75 Å². The molecule has 19 heavy (non-hydrogen) atoms. The molecule has 1 nitrogen and oxygen atoms in total. The molecule has 0 saturated heterocycles. The zero-order valence-corrected chi connectivity index (χ0v) is 12.6. The van der Waals surface area contributed by atoms with Gasteiger partial charge in [0, 0.05) is 5.56 Å². The molecule has 0 aliphatic heterocycles. The highest BCUT2D eigenvalue weighted by atomic mass is 28.3. The summed E-state index contributed by atoms with van der Waals surface area (Å²) in [6.07, 6.45) is 0. The van der Waals surface area contributed by atoms with Crippen molar-refractivity contribution >= 4 is 8.07 Å². The van der Waals surface area contributed by atoms with Crippen LogP contribution in [0.15, 0.2) is 48.5 Å². The summed E-state index contributed by atoms with van der Waals surface area (Å²) < 4.78 is 0. The van der Waals surface area contributed by atoms with Crippen LogP contribution in [0.2, 0.25) is 19.6 Å². The zero-order valence-electron chi connectivity index (χ0n) is 11.6. The highest BCUT2D eigenvalue weighted by molar-refractivity contribution is 6.83. The van der Waals surface area contributed by atoms with E-state index in [1.807, 2.05) is 12.1 Å². The largest absolute Gasteiger partial charge is 0.508 e. The van der Waals surface area contributed by atoms with E-state index in [2.05, 4.69) is 55.4 Å². The Hall–Kier alpha value is -1.98. The molecule has 2 rings (SSSR count). The Morgan fingerprint density at radius 2 is 1.26 bits per heavy atom. The first-order chi connectivity index (χ1) is 8.94. The average molecular weight is 266 g/mol. The lowest BCUT2D eigenvalue weighted by atomic mass is 10.0. The molecule has 0 unspecified atom stereocenters. The molecule has 1 N–H and O–H groups in total. The SMILES string of the molecule is C[Si](C)(C)C#Cc1ccc(-c2ccc(O)cc2)cc1.